The molecule has 0 atom stereocenters. The van der Waals surface area contributed by atoms with E-state index in [9.17, 15) is 4.79 Å². The van der Waals surface area contributed by atoms with Crippen LogP contribution in [0.2, 0.25) is 10.0 Å². The number of para-hydroxylation sites is 1. The van der Waals surface area contributed by atoms with Gasteiger partial charge in [0.25, 0.3) is 0 Å². The highest BCUT2D eigenvalue weighted by atomic mass is 35.5. The number of amides is 1. The quantitative estimate of drug-likeness (QED) is 0.252. The number of carbonyl (C=O) groups excluding carboxylic acids is 1. The summed E-state index contributed by atoms with van der Waals surface area (Å²) in [5, 5.41) is 4.85. The lowest BCUT2D eigenvalue weighted by Gasteiger charge is -2.03. The average Bonchev–Trinajstić information content (AvgIpc) is 3.45. The Morgan fingerprint density at radius 2 is 1.67 bits per heavy atom. The van der Waals surface area contributed by atoms with Gasteiger partial charge in [-0.25, -0.2) is 4.98 Å². The number of thiazole rings is 1. The van der Waals surface area contributed by atoms with Crippen molar-refractivity contribution in [2.24, 2.45) is 0 Å². The Hall–Kier alpha value is -3.38. The molecule has 7 heteroatoms. The largest absolute Gasteiger partial charge is 0.457 e. The molecule has 0 saturated heterocycles. The standard InChI is InChI=1S/C26H16Cl2N2O2S/c27-18-13-17(14-19(28)15-18)23-11-9-21(32-23)10-12-25(31)29-20-7-5-16(6-8-20)26-30-22-3-1-2-4-24(22)33-26/h1-15H,(H,29,31)/b12-10+. The lowest BCUT2D eigenvalue weighted by Crippen LogP contribution is -2.07. The van der Waals surface area contributed by atoms with Crippen LogP contribution in [0.3, 0.4) is 0 Å². The topological polar surface area (TPSA) is 55.1 Å². The van der Waals surface area contributed by atoms with Gasteiger partial charge in [0.05, 0.1) is 10.2 Å². The van der Waals surface area contributed by atoms with E-state index in [4.69, 9.17) is 27.6 Å². The SMILES string of the molecule is O=C(/C=C/c1ccc(-c2cc(Cl)cc(Cl)c2)o1)Nc1ccc(-c2nc3ccccc3s2)cc1. The van der Waals surface area contributed by atoms with E-state index >= 15 is 0 Å². The Balaban J connectivity index is 1.24. The summed E-state index contributed by atoms with van der Waals surface area (Å²) in [6, 6.07) is 24.5. The van der Waals surface area contributed by atoms with Crippen molar-refractivity contribution in [2.45, 2.75) is 0 Å². The molecule has 4 nitrogen and oxygen atoms in total. The number of anilines is 1. The number of nitrogens with one attached hydrogen (secondary N) is 1. The zero-order valence-electron chi connectivity index (χ0n) is 17.1. The molecule has 0 radical (unpaired) electrons. The number of aromatic nitrogens is 1. The molecule has 0 aliphatic heterocycles. The molecule has 0 spiro atoms. The Morgan fingerprint density at radius 1 is 0.909 bits per heavy atom. The van der Waals surface area contributed by atoms with Crippen LogP contribution < -0.4 is 5.32 Å². The molecule has 1 amide bonds. The molecule has 0 bridgehead atoms. The summed E-state index contributed by atoms with van der Waals surface area (Å²) >= 11 is 13.8. The molecule has 33 heavy (non-hydrogen) atoms. The fraction of sp³-hybridized carbons (Fsp3) is 0. The van der Waals surface area contributed by atoms with Crippen molar-refractivity contribution in [1.29, 1.82) is 0 Å². The van der Waals surface area contributed by atoms with Crippen molar-refractivity contribution in [2.75, 3.05) is 5.32 Å². The maximum absolute atomic E-state index is 12.3. The summed E-state index contributed by atoms with van der Waals surface area (Å²) in [6.45, 7) is 0. The Bertz CT molecular complexity index is 1430. The van der Waals surface area contributed by atoms with Gasteiger partial charge in [0.15, 0.2) is 0 Å². The maximum Gasteiger partial charge on any atom is 0.248 e. The predicted molar refractivity (Wildman–Crippen MR) is 137 cm³/mol. The fourth-order valence-electron chi connectivity index (χ4n) is 3.33. The monoisotopic (exact) mass is 490 g/mol. The molecular formula is C26H16Cl2N2O2S. The van der Waals surface area contributed by atoms with Crippen LogP contribution in [0.15, 0.2) is 89.4 Å². The molecule has 0 saturated carbocycles. The number of carbonyl (C=O) groups is 1. The maximum atomic E-state index is 12.3. The molecule has 1 N–H and O–H groups in total. The molecular weight excluding hydrogens is 475 g/mol. The summed E-state index contributed by atoms with van der Waals surface area (Å²) in [6.07, 6.45) is 3.04. The third kappa shape index (κ3) is 5.01. The van der Waals surface area contributed by atoms with Crippen LogP contribution in [0.4, 0.5) is 5.69 Å². The fourth-order valence-corrected chi connectivity index (χ4v) is 4.82. The molecule has 0 fully saturated rings. The van der Waals surface area contributed by atoms with Crippen LogP contribution in [0, 0.1) is 0 Å². The summed E-state index contributed by atoms with van der Waals surface area (Å²) in [5.41, 5.74) is 3.46. The van der Waals surface area contributed by atoms with Crippen LogP contribution in [0.1, 0.15) is 5.76 Å². The number of hydrogen-bond donors (Lipinski definition) is 1. The zero-order chi connectivity index (χ0) is 22.8. The van der Waals surface area contributed by atoms with Crippen LogP contribution in [0.5, 0.6) is 0 Å². The van der Waals surface area contributed by atoms with Gasteiger partial charge in [-0.05, 0) is 72.8 Å². The normalized spacial score (nSPS) is 11.3. The van der Waals surface area contributed by atoms with Gasteiger partial charge in [-0.15, -0.1) is 11.3 Å². The van der Waals surface area contributed by atoms with Crippen molar-refractivity contribution in [1.82, 2.24) is 4.98 Å². The van der Waals surface area contributed by atoms with Gasteiger partial charge >= 0.3 is 0 Å². The molecule has 3 aromatic carbocycles. The number of fused-ring (bicyclic) bond motifs is 1. The number of benzene rings is 3. The van der Waals surface area contributed by atoms with Crippen LogP contribution in [-0.2, 0) is 4.79 Å². The molecule has 0 aliphatic rings. The highest BCUT2D eigenvalue weighted by molar-refractivity contribution is 7.21. The van der Waals surface area contributed by atoms with Gasteiger partial charge in [-0.1, -0.05) is 35.3 Å². The van der Waals surface area contributed by atoms with Crippen LogP contribution >= 0.6 is 34.5 Å². The first kappa shape index (κ1) is 21.5. The molecule has 162 valence electrons. The van der Waals surface area contributed by atoms with Crippen molar-refractivity contribution in [3.8, 4) is 21.9 Å². The van der Waals surface area contributed by atoms with E-state index < -0.39 is 0 Å². The molecule has 5 aromatic rings. The Morgan fingerprint density at radius 3 is 2.42 bits per heavy atom. The van der Waals surface area contributed by atoms with Crippen LogP contribution in [0.25, 0.3) is 38.2 Å². The van der Waals surface area contributed by atoms with E-state index in [2.05, 4.69) is 16.4 Å². The molecule has 0 aliphatic carbocycles. The smallest absolute Gasteiger partial charge is 0.248 e. The summed E-state index contributed by atoms with van der Waals surface area (Å²) in [5.74, 6) is 0.902. The van der Waals surface area contributed by atoms with Gasteiger partial charge in [0.1, 0.15) is 16.5 Å². The van der Waals surface area contributed by atoms with E-state index in [-0.39, 0.29) is 5.91 Å². The summed E-state index contributed by atoms with van der Waals surface area (Å²) in [7, 11) is 0. The highest BCUT2D eigenvalue weighted by Gasteiger charge is 2.08. The minimum absolute atomic E-state index is 0.258. The van der Waals surface area contributed by atoms with Crippen LogP contribution in [-0.4, -0.2) is 10.9 Å². The number of halogens is 2. The van der Waals surface area contributed by atoms with Gasteiger partial charge in [-0.3, -0.25) is 4.79 Å². The second kappa shape index (κ2) is 9.24. The molecule has 2 aromatic heterocycles. The van der Waals surface area contributed by atoms with Crippen molar-refractivity contribution in [3.05, 3.63) is 101 Å². The first-order valence-electron chi connectivity index (χ1n) is 10.0. The van der Waals surface area contributed by atoms with Gasteiger partial charge in [0, 0.05) is 32.9 Å². The third-order valence-corrected chi connectivity index (χ3v) is 6.39. The van der Waals surface area contributed by atoms with Gasteiger partial charge in [0.2, 0.25) is 5.91 Å². The van der Waals surface area contributed by atoms with E-state index in [1.807, 2.05) is 42.5 Å². The Kier molecular flexibility index (Phi) is 6.01. The van der Waals surface area contributed by atoms with E-state index in [1.54, 1.807) is 47.7 Å². The third-order valence-electron chi connectivity index (χ3n) is 4.87. The average molecular weight is 491 g/mol. The predicted octanol–water partition coefficient (Wildman–Crippen LogP) is 8.18. The Labute approximate surface area is 204 Å². The zero-order valence-corrected chi connectivity index (χ0v) is 19.4. The molecule has 2 heterocycles. The minimum atomic E-state index is -0.258. The second-order valence-electron chi connectivity index (χ2n) is 7.25. The number of nitrogens with zero attached hydrogens (tertiary/aromatic N) is 1. The number of rotatable bonds is 5. The highest BCUT2D eigenvalue weighted by Crippen LogP contribution is 2.31. The van der Waals surface area contributed by atoms with E-state index in [0.29, 0.717) is 27.3 Å². The molecule has 5 rings (SSSR count). The van der Waals surface area contributed by atoms with E-state index in [0.717, 1.165) is 26.4 Å². The lowest BCUT2D eigenvalue weighted by atomic mass is 10.2. The summed E-state index contributed by atoms with van der Waals surface area (Å²) < 4.78 is 6.93. The van der Waals surface area contributed by atoms with Crippen molar-refractivity contribution < 1.29 is 9.21 Å². The summed E-state index contributed by atoms with van der Waals surface area (Å²) in [4.78, 5) is 17.0. The first-order valence-corrected chi connectivity index (χ1v) is 11.6. The van der Waals surface area contributed by atoms with Gasteiger partial charge in [-0.2, -0.15) is 0 Å². The molecule has 0 unspecified atom stereocenters. The first-order chi connectivity index (χ1) is 16.0. The number of furan rings is 1. The number of hydrogen-bond acceptors (Lipinski definition) is 4. The lowest BCUT2D eigenvalue weighted by molar-refractivity contribution is -0.111. The second-order valence-corrected chi connectivity index (χ2v) is 9.15. The van der Waals surface area contributed by atoms with E-state index in [1.165, 1.54) is 6.08 Å². The van der Waals surface area contributed by atoms with Crippen molar-refractivity contribution >= 4 is 62.4 Å². The van der Waals surface area contributed by atoms with Gasteiger partial charge < -0.3 is 9.73 Å². The minimum Gasteiger partial charge on any atom is -0.457 e. The van der Waals surface area contributed by atoms with Crippen molar-refractivity contribution in [3.63, 3.8) is 0 Å².